The second-order valence-electron chi connectivity index (χ2n) is 9.72. The summed E-state index contributed by atoms with van der Waals surface area (Å²) in [5.41, 5.74) is 2.61. The summed E-state index contributed by atoms with van der Waals surface area (Å²) >= 11 is 0. The van der Waals surface area contributed by atoms with E-state index in [0.717, 1.165) is 49.7 Å². The molecule has 2 atom stereocenters. The Morgan fingerprint density at radius 1 is 1.00 bits per heavy atom. The molecule has 214 valence electrons. The van der Waals surface area contributed by atoms with E-state index >= 15 is 0 Å². The number of anilines is 1. The van der Waals surface area contributed by atoms with Crippen LogP contribution < -0.4 is 14.8 Å². The van der Waals surface area contributed by atoms with Crippen molar-refractivity contribution in [3.63, 3.8) is 0 Å². The number of amides is 1. The zero-order valence-corrected chi connectivity index (χ0v) is 24.1. The summed E-state index contributed by atoms with van der Waals surface area (Å²) in [5.74, 6) is 1.31. The number of nitrogens with zero attached hydrogens (tertiary/aromatic N) is 1. The van der Waals surface area contributed by atoms with Crippen LogP contribution in [0.1, 0.15) is 30.4 Å². The number of hydrogen-bond acceptors (Lipinski definition) is 6. The molecule has 1 amide bonds. The SMILES string of the molecule is C=CCC1CC(NC(=O)OCc2ccccc2)CCN1Cc1ccc(Oc2ccc(NS(C)(=O)=O)cc2)cc1.Cl. The maximum atomic E-state index is 12.4. The van der Waals surface area contributed by atoms with Gasteiger partial charge < -0.3 is 14.8 Å². The highest BCUT2D eigenvalue weighted by Crippen LogP contribution is 2.26. The first-order valence-electron chi connectivity index (χ1n) is 12.9. The van der Waals surface area contributed by atoms with Gasteiger partial charge in [-0.15, -0.1) is 19.0 Å². The average molecular weight is 586 g/mol. The highest BCUT2D eigenvalue weighted by Gasteiger charge is 2.29. The van der Waals surface area contributed by atoms with Crippen molar-refractivity contribution >= 4 is 34.2 Å². The zero-order chi connectivity index (χ0) is 27.7. The smallest absolute Gasteiger partial charge is 0.407 e. The Hall–Kier alpha value is -3.53. The number of hydrogen-bond donors (Lipinski definition) is 2. The number of alkyl carbamates (subject to hydrolysis) is 1. The van der Waals surface area contributed by atoms with E-state index in [4.69, 9.17) is 9.47 Å². The van der Waals surface area contributed by atoms with E-state index < -0.39 is 10.0 Å². The van der Waals surface area contributed by atoms with Crippen molar-refractivity contribution in [1.82, 2.24) is 10.2 Å². The van der Waals surface area contributed by atoms with Crippen LogP contribution in [0.25, 0.3) is 0 Å². The largest absolute Gasteiger partial charge is 0.457 e. The van der Waals surface area contributed by atoms with Crippen LogP contribution in [-0.4, -0.2) is 44.3 Å². The summed E-state index contributed by atoms with van der Waals surface area (Å²) in [5, 5.41) is 3.03. The van der Waals surface area contributed by atoms with Crippen LogP contribution >= 0.6 is 12.4 Å². The number of piperidine rings is 1. The van der Waals surface area contributed by atoms with Gasteiger partial charge >= 0.3 is 6.09 Å². The monoisotopic (exact) mass is 585 g/mol. The number of nitrogens with one attached hydrogen (secondary N) is 2. The second-order valence-corrected chi connectivity index (χ2v) is 11.5. The molecule has 0 aliphatic carbocycles. The van der Waals surface area contributed by atoms with E-state index in [0.29, 0.717) is 17.2 Å². The van der Waals surface area contributed by atoms with Crippen molar-refractivity contribution in [3.05, 3.63) is 103 Å². The molecule has 3 aromatic rings. The summed E-state index contributed by atoms with van der Waals surface area (Å²) < 4.78 is 36.5. The molecular weight excluding hydrogens is 550 g/mol. The Kier molecular flexibility index (Phi) is 11.4. The molecule has 40 heavy (non-hydrogen) atoms. The van der Waals surface area contributed by atoms with E-state index in [1.807, 2.05) is 60.7 Å². The lowest BCUT2D eigenvalue weighted by Crippen LogP contribution is -2.49. The fourth-order valence-electron chi connectivity index (χ4n) is 4.65. The van der Waals surface area contributed by atoms with Crippen molar-refractivity contribution < 1.29 is 22.7 Å². The topological polar surface area (TPSA) is 97.0 Å². The number of rotatable bonds is 11. The van der Waals surface area contributed by atoms with Crippen molar-refractivity contribution in [2.24, 2.45) is 0 Å². The average Bonchev–Trinajstić information content (AvgIpc) is 2.91. The van der Waals surface area contributed by atoms with E-state index in [2.05, 4.69) is 21.5 Å². The van der Waals surface area contributed by atoms with Gasteiger partial charge in [-0.25, -0.2) is 13.2 Å². The lowest BCUT2D eigenvalue weighted by Gasteiger charge is -2.39. The van der Waals surface area contributed by atoms with Crippen molar-refractivity contribution in [3.8, 4) is 11.5 Å². The molecule has 0 aromatic heterocycles. The first-order valence-corrected chi connectivity index (χ1v) is 14.8. The minimum absolute atomic E-state index is 0. The van der Waals surface area contributed by atoms with Crippen LogP contribution in [0.4, 0.5) is 10.5 Å². The Balaban J connectivity index is 0.00000441. The van der Waals surface area contributed by atoms with Gasteiger partial charge in [0.2, 0.25) is 10.0 Å². The predicted octanol–water partition coefficient (Wildman–Crippen LogP) is 6.11. The zero-order valence-electron chi connectivity index (χ0n) is 22.5. The van der Waals surface area contributed by atoms with Crippen LogP contribution in [0, 0.1) is 0 Å². The summed E-state index contributed by atoms with van der Waals surface area (Å²) in [6.45, 7) is 5.83. The Morgan fingerprint density at radius 3 is 2.27 bits per heavy atom. The van der Waals surface area contributed by atoms with E-state index in [-0.39, 0.29) is 37.2 Å². The minimum atomic E-state index is -3.32. The molecule has 1 aliphatic heterocycles. The highest BCUT2D eigenvalue weighted by atomic mass is 35.5. The fraction of sp³-hybridized carbons (Fsp3) is 0.300. The van der Waals surface area contributed by atoms with Crippen LogP contribution in [0.2, 0.25) is 0 Å². The molecule has 1 saturated heterocycles. The molecule has 3 aromatic carbocycles. The molecule has 10 heteroatoms. The quantitative estimate of drug-likeness (QED) is 0.264. The first kappa shape index (κ1) is 31.0. The number of halogens is 1. The molecule has 2 N–H and O–H groups in total. The summed E-state index contributed by atoms with van der Waals surface area (Å²) in [6.07, 6.45) is 5.18. The van der Waals surface area contributed by atoms with Crippen LogP contribution in [0.5, 0.6) is 11.5 Å². The molecule has 1 aliphatic rings. The molecule has 1 fully saturated rings. The van der Waals surface area contributed by atoms with E-state index in [9.17, 15) is 13.2 Å². The molecule has 4 rings (SSSR count). The lowest BCUT2D eigenvalue weighted by atomic mass is 9.94. The molecule has 0 radical (unpaired) electrons. The molecule has 0 saturated carbocycles. The van der Waals surface area contributed by atoms with Gasteiger partial charge in [0.05, 0.1) is 6.26 Å². The summed E-state index contributed by atoms with van der Waals surface area (Å²) in [7, 11) is -3.32. The number of ether oxygens (including phenoxy) is 2. The number of benzene rings is 3. The Bertz CT molecular complexity index is 1340. The maximum absolute atomic E-state index is 12.4. The molecule has 2 unspecified atom stereocenters. The molecule has 0 spiro atoms. The second kappa shape index (κ2) is 14.7. The Morgan fingerprint density at radius 2 is 1.65 bits per heavy atom. The van der Waals surface area contributed by atoms with Crippen LogP contribution in [-0.2, 0) is 27.9 Å². The number of likely N-dealkylation sites (tertiary alicyclic amines) is 1. The van der Waals surface area contributed by atoms with Crippen LogP contribution in [0.15, 0.2) is 91.5 Å². The minimum Gasteiger partial charge on any atom is -0.457 e. The maximum Gasteiger partial charge on any atom is 0.407 e. The third-order valence-corrected chi connectivity index (χ3v) is 7.12. The standard InChI is InChI=1S/C30H35N3O5S.ClH/c1-3-7-27-20-26(31-30(34)37-22-24-8-5-4-6-9-24)18-19-33(27)21-23-10-14-28(15-11-23)38-29-16-12-25(13-17-29)32-39(2,35)36;/h3-6,8-17,26-27,32H,1,7,18-22H2,2H3,(H,31,34);1H. The summed E-state index contributed by atoms with van der Waals surface area (Å²) in [4.78, 5) is 14.8. The van der Waals surface area contributed by atoms with Gasteiger partial charge in [-0.2, -0.15) is 0 Å². The summed E-state index contributed by atoms with van der Waals surface area (Å²) in [6, 6.07) is 24.7. The number of carbonyl (C=O) groups is 1. The first-order chi connectivity index (χ1) is 18.8. The van der Waals surface area contributed by atoms with Gasteiger partial charge in [0, 0.05) is 30.9 Å². The van der Waals surface area contributed by atoms with Gasteiger partial charge in [-0.3, -0.25) is 9.62 Å². The van der Waals surface area contributed by atoms with Gasteiger partial charge in [0.15, 0.2) is 0 Å². The van der Waals surface area contributed by atoms with Crippen molar-refractivity contribution in [2.45, 2.75) is 44.5 Å². The Labute approximate surface area is 242 Å². The normalized spacial score (nSPS) is 17.2. The molecular formula is C30H36ClN3O5S. The molecule has 0 bridgehead atoms. The van der Waals surface area contributed by atoms with Gasteiger partial charge in [0.25, 0.3) is 0 Å². The highest BCUT2D eigenvalue weighted by molar-refractivity contribution is 7.92. The third kappa shape index (κ3) is 9.89. The predicted molar refractivity (Wildman–Crippen MR) is 160 cm³/mol. The molecule has 1 heterocycles. The van der Waals surface area contributed by atoms with Crippen molar-refractivity contribution in [2.75, 3.05) is 17.5 Å². The molecule has 8 nitrogen and oxygen atoms in total. The lowest BCUT2D eigenvalue weighted by molar-refractivity contribution is 0.102. The van der Waals surface area contributed by atoms with Crippen LogP contribution in [0.3, 0.4) is 0 Å². The number of carbonyl (C=O) groups excluding carboxylic acids is 1. The van der Waals surface area contributed by atoms with E-state index in [1.165, 1.54) is 0 Å². The fourth-order valence-corrected chi connectivity index (χ4v) is 5.21. The van der Waals surface area contributed by atoms with Gasteiger partial charge in [0.1, 0.15) is 18.1 Å². The van der Waals surface area contributed by atoms with Gasteiger partial charge in [-0.1, -0.05) is 48.5 Å². The van der Waals surface area contributed by atoms with Crippen molar-refractivity contribution in [1.29, 1.82) is 0 Å². The van der Waals surface area contributed by atoms with E-state index in [1.54, 1.807) is 24.3 Å². The van der Waals surface area contributed by atoms with Gasteiger partial charge in [-0.05, 0) is 66.8 Å². The number of sulfonamides is 1. The third-order valence-electron chi connectivity index (χ3n) is 6.51.